The number of thiophene rings is 1. The van der Waals surface area contributed by atoms with Crippen LogP contribution in [0.25, 0.3) is 5.69 Å². The van der Waals surface area contributed by atoms with Crippen molar-refractivity contribution in [1.82, 2.24) is 29.8 Å². The van der Waals surface area contributed by atoms with E-state index in [4.69, 9.17) is 0 Å². The Morgan fingerprint density at radius 3 is 2.55 bits per heavy atom. The molecule has 1 fully saturated rings. The summed E-state index contributed by atoms with van der Waals surface area (Å²) in [5.74, 6) is -0.176. The van der Waals surface area contributed by atoms with Crippen molar-refractivity contribution in [2.24, 2.45) is 5.92 Å². The predicted octanol–water partition coefficient (Wildman–Crippen LogP) is 1.44. The van der Waals surface area contributed by atoms with Gasteiger partial charge in [0.05, 0.1) is 17.1 Å². The zero-order valence-electron chi connectivity index (χ0n) is 15.5. The van der Waals surface area contributed by atoms with Crippen molar-refractivity contribution in [1.29, 1.82) is 0 Å². The molecule has 9 nitrogen and oxygen atoms in total. The molecule has 4 rings (SSSR count). The molecule has 1 aliphatic rings. The molecule has 1 aromatic carbocycles. The van der Waals surface area contributed by atoms with Crippen LogP contribution >= 0.6 is 11.3 Å². The minimum absolute atomic E-state index is 0.0127. The third-order valence-corrected chi connectivity index (χ3v) is 7.72. The van der Waals surface area contributed by atoms with Gasteiger partial charge in [-0.15, -0.1) is 16.4 Å². The van der Waals surface area contributed by atoms with E-state index < -0.39 is 10.0 Å². The Labute approximate surface area is 172 Å². The zero-order valence-corrected chi connectivity index (χ0v) is 17.1. The molecule has 1 N–H and O–H groups in total. The smallest absolute Gasteiger partial charge is 0.243 e. The largest absolute Gasteiger partial charge is 0.351 e. The number of tetrazole rings is 1. The number of carbonyl (C=O) groups is 1. The van der Waals surface area contributed by atoms with Crippen molar-refractivity contribution in [3.63, 3.8) is 0 Å². The van der Waals surface area contributed by atoms with Crippen molar-refractivity contribution in [2.75, 3.05) is 13.1 Å². The molecule has 0 saturated carbocycles. The Kier molecular flexibility index (Phi) is 5.69. The quantitative estimate of drug-likeness (QED) is 0.631. The van der Waals surface area contributed by atoms with Crippen LogP contribution in [0.1, 0.15) is 17.7 Å². The number of benzene rings is 1. The summed E-state index contributed by atoms with van der Waals surface area (Å²) in [4.78, 5) is 13.7. The van der Waals surface area contributed by atoms with Crippen molar-refractivity contribution < 1.29 is 13.2 Å². The maximum absolute atomic E-state index is 12.9. The van der Waals surface area contributed by atoms with Crippen LogP contribution in [0.5, 0.6) is 0 Å². The van der Waals surface area contributed by atoms with Crippen LogP contribution in [0.15, 0.2) is 53.0 Å². The van der Waals surface area contributed by atoms with Crippen LogP contribution in [0.4, 0.5) is 0 Å². The maximum atomic E-state index is 12.9. The van der Waals surface area contributed by atoms with Crippen LogP contribution in [-0.4, -0.2) is 51.9 Å². The van der Waals surface area contributed by atoms with E-state index in [-0.39, 0.29) is 16.7 Å². The summed E-state index contributed by atoms with van der Waals surface area (Å²) in [6, 6.07) is 10.3. The molecule has 1 amide bonds. The number of aromatic nitrogens is 4. The number of piperidine rings is 1. The molecule has 11 heteroatoms. The van der Waals surface area contributed by atoms with Crippen molar-refractivity contribution in [3.8, 4) is 5.69 Å². The monoisotopic (exact) mass is 432 g/mol. The van der Waals surface area contributed by atoms with Crippen LogP contribution in [0.2, 0.25) is 0 Å². The number of hydrogen-bond acceptors (Lipinski definition) is 7. The first-order chi connectivity index (χ1) is 14.0. The topological polar surface area (TPSA) is 110 Å². The first kappa shape index (κ1) is 19.7. The maximum Gasteiger partial charge on any atom is 0.243 e. The van der Waals surface area contributed by atoms with E-state index in [9.17, 15) is 13.2 Å². The lowest BCUT2D eigenvalue weighted by molar-refractivity contribution is -0.126. The molecule has 152 valence electrons. The van der Waals surface area contributed by atoms with Crippen molar-refractivity contribution in [2.45, 2.75) is 24.3 Å². The molecule has 0 unspecified atom stereocenters. The summed E-state index contributed by atoms with van der Waals surface area (Å²) >= 11 is 1.60. The molecule has 0 atom stereocenters. The highest BCUT2D eigenvalue weighted by Gasteiger charge is 2.32. The first-order valence-corrected chi connectivity index (χ1v) is 11.5. The van der Waals surface area contributed by atoms with Gasteiger partial charge in [-0.3, -0.25) is 4.79 Å². The van der Waals surface area contributed by atoms with Gasteiger partial charge in [0.1, 0.15) is 6.33 Å². The van der Waals surface area contributed by atoms with Gasteiger partial charge in [0.15, 0.2) is 0 Å². The van der Waals surface area contributed by atoms with Gasteiger partial charge in [0.25, 0.3) is 0 Å². The molecule has 0 bridgehead atoms. The highest BCUT2D eigenvalue weighted by Crippen LogP contribution is 2.24. The number of nitrogens with zero attached hydrogens (tertiary/aromatic N) is 5. The number of rotatable bonds is 6. The van der Waals surface area contributed by atoms with E-state index in [1.165, 1.54) is 15.3 Å². The number of nitrogens with one attached hydrogen (secondary N) is 1. The second-order valence-electron chi connectivity index (χ2n) is 6.72. The highest BCUT2D eigenvalue weighted by molar-refractivity contribution is 7.89. The van der Waals surface area contributed by atoms with Gasteiger partial charge in [0.2, 0.25) is 15.9 Å². The van der Waals surface area contributed by atoms with Gasteiger partial charge in [-0.05, 0) is 59.0 Å². The highest BCUT2D eigenvalue weighted by atomic mass is 32.2. The van der Waals surface area contributed by atoms with Crippen LogP contribution in [0.3, 0.4) is 0 Å². The van der Waals surface area contributed by atoms with Gasteiger partial charge in [-0.1, -0.05) is 6.07 Å². The molecule has 2 aromatic heterocycles. The van der Waals surface area contributed by atoms with Gasteiger partial charge in [0, 0.05) is 23.9 Å². The summed E-state index contributed by atoms with van der Waals surface area (Å²) in [5, 5.41) is 15.8. The van der Waals surface area contributed by atoms with Crippen molar-refractivity contribution >= 4 is 27.3 Å². The fourth-order valence-corrected chi connectivity index (χ4v) is 5.40. The Morgan fingerprint density at radius 2 is 1.93 bits per heavy atom. The standard InChI is InChI=1S/C18H20N6O3S2/c25-18(19-12-16-2-1-11-28-16)14-7-9-23(10-8-14)29(26,27)17-5-3-15(4-6-17)24-13-20-21-22-24/h1-6,11,13-14H,7-10,12H2,(H,19,25). The second kappa shape index (κ2) is 8.39. The first-order valence-electron chi connectivity index (χ1n) is 9.18. The van der Waals surface area contributed by atoms with Gasteiger partial charge in [-0.25, -0.2) is 13.1 Å². The van der Waals surface area contributed by atoms with E-state index in [0.29, 0.717) is 38.2 Å². The van der Waals surface area contributed by atoms with Crippen LogP contribution in [-0.2, 0) is 21.4 Å². The number of carbonyl (C=O) groups excluding carboxylic acids is 1. The average Bonchev–Trinajstić information content (AvgIpc) is 3.46. The Bertz CT molecular complexity index is 1040. The molecule has 0 spiro atoms. The molecular formula is C18H20N6O3S2. The Balaban J connectivity index is 1.35. The summed E-state index contributed by atoms with van der Waals surface area (Å²) in [6.07, 6.45) is 2.47. The predicted molar refractivity (Wildman–Crippen MR) is 107 cm³/mol. The SMILES string of the molecule is O=C(NCc1cccs1)C1CCN(S(=O)(=O)c2ccc(-n3cnnn3)cc2)CC1. The molecule has 3 aromatic rings. The molecule has 1 saturated heterocycles. The lowest BCUT2D eigenvalue weighted by Crippen LogP contribution is -2.42. The third-order valence-electron chi connectivity index (χ3n) is 4.93. The number of amides is 1. The van der Waals surface area contributed by atoms with Crippen LogP contribution in [0, 0.1) is 5.92 Å². The van der Waals surface area contributed by atoms with Gasteiger partial charge < -0.3 is 5.32 Å². The summed E-state index contributed by atoms with van der Waals surface area (Å²) < 4.78 is 28.7. The Morgan fingerprint density at radius 1 is 1.17 bits per heavy atom. The molecule has 29 heavy (non-hydrogen) atoms. The average molecular weight is 433 g/mol. The molecule has 0 radical (unpaired) electrons. The summed E-state index contributed by atoms with van der Waals surface area (Å²) in [7, 11) is -3.60. The van der Waals surface area contributed by atoms with E-state index >= 15 is 0 Å². The minimum Gasteiger partial charge on any atom is -0.351 e. The number of hydrogen-bond donors (Lipinski definition) is 1. The normalized spacial score (nSPS) is 16.0. The zero-order chi connectivity index (χ0) is 20.3. The second-order valence-corrected chi connectivity index (χ2v) is 9.69. The van der Waals surface area contributed by atoms with Crippen LogP contribution < -0.4 is 5.32 Å². The van der Waals surface area contributed by atoms with Gasteiger partial charge >= 0.3 is 0 Å². The lowest BCUT2D eigenvalue weighted by atomic mass is 9.97. The Hall–Kier alpha value is -2.63. The summed E-state index contributed by atoms with van der Waals surface area (Å²) in [5.41, 5.74) is 0.676. The molecule has 1 aliphatic heterocycles. The third kappa shape index (κ3) is 4.36. The van der Waals surface area contributed by atoms with Gasteiger partial charge in [-0.2, -0.15) is 4.31 Å². The minimum atomic E-state index is -3.60. The fraction of sp³-hybridized carbons (Fsp3) is 0.333. The van der Waals surface area contributed by atoms with E-state index in [1.54, 1.807) is 35.6 Å². The molecular weight excluding hydrogens is 412 g/mol. The molecule has 0 aliphatic carbocycles. The lowest BCUT2D eigenvalue weighted by Gasteiger charge is -2.30. The van der Waals surface area contributed by atoms with Crippen molar-refractivity contribution in [3.05, 3.63) is 53.0 Å². The van der Waals surface area contributed by atoms with E-state index in [0.717, 1.165) is 4.88 Å². The fourth-order valence-electron chi connectivity index (χ4n) is 3.29. The van der Waals surface area contributed by atoms with E-state index in [1.807, 2.05) is 17.5 Å². The summed E-state index contributed by atoms with van der Waals surface area (Å²) in [6.45, 7) is 1.17. The molecule has 3 heterocycles. The van der Waals surface area contributed by atoms with E-state index in [2.05, 4.69) is 20.8 Å². The number of sulfonamides is 1.